The van der Waals surface area contributed by atoms with Gasteiger partial charge in [0.1, 0.15) is 11.4 Å². The standard InChI is InChI=1S/C23H31N5O3/c24-20(17-9-3-1-4-10-17)27-22-25-18(15-19(29)26-22)16-31-23(11-5-2-6-12-23)21(30)28-13-7-8-14-28/h1,3-4,9-10,15,22,25H,2,5-8,11-14,16H2,(H2,24,27)(H,26,29). The molecule has 1 aliphatic carbocycles. The minimum Gasteiger partial charge on any atom is -0.359 e. The molecule has 0 radical (unpaired) electrons. The van der Waals surface area contributed by atoms with Gasteiger partial charge < -0.3 is 25.6 Å². The zero-order valence-corrected chi connectivity index (χ0v) is 17.8. The normalized spacial score (nSPS) is 22.8. The topological polar surface area (TPSA) is 107 Å². The average molecular weight is 426 g/mol. The number of ether oxygens (including phenoxy) is 1. The van der Waals surface area contributed by atoms with E-state index in [0.717, 1.165) is 63.6 Å². The molecule has 166 valence electrons. The third-order valence-electron chi connectivity index (χ3n) is 6.22. The molecule has 4 N–H and O–H groups in total. The summed E-state index contributed by atoms with van der Waals surface area (Å²) in [6, 6.07) is 9.27. The summed E-state index contributed by atoms with van der Waals surface area (Å²) in [5.41, 5.74) is 0.531. The second-order valence-corrected chi connectivity index (χ2v) is 8.48. The van der Waals surface area contributed by atoms with Gasteiger partial charge in [-0.1, -0.05) is 49.6 Å². The average Bonchev–Trinajstić information content (AvgIpc) is 3.33. The predicted octanol–water partition coefficient (Wildman–Crippen LogP) is 1.83. The smallest absolute Gasteiger partial charge is 0.254 e. The highest BCUT2D eigenvalue weighted by Gasteiger charge is 2.44. The van der Waals surface area contributed by atoms with Crippen LogP contribution in [0.4, 0.5) is 0 Å². The van der Waals surface area contributed by atoms with E-state index < -0.39 is 11.9 Å². The predicted molar refractivity (Wildman–Crippen MR) is 117 cm³/mol. The fraction of sp³-hybridized carbons (Fsp3) is 0.522. The van der Waals surface area contributed by atoms with E-state index in [-0.39, 0.29) is 24.3 Å². The van der Waals surface area contributed by atoms with Crippen molar-refractivity contribution < 1.29 is 14.3 Å². The minimum atomic E-state index is -0.793. The Kier molecular flexibility index (Phi) is 6.56. The molecule has 8 heteroatoms. The highest BCUT2D eigenvalue weighted by Crippen LogP contribution is 2.34. The van der Waals surface area contributed by atoms with Crippen molar-refractivity contribution in [2.75, 3.05) is 19.7 Å². The van der Waals surface area contributed by atoms with E-state index in [1.807, 2.05) is 35.2 Å². The van der Waals surface area contributed by atoms with Crippen LogP contribution in [-0.4, -0.2) is 54.1 Å². The van der Waals surface area contributed by atoms with Gasteiger partial charge in [-0.05, 0) is 25.7 Å². The first kappa shape index (κ1) is 21.4. The maximum atomic E-state index is 13.3. The van der Waals surface area contributed by atoms with E-state index in [1.54, 1.807) is 0 Å². The number of likely N-dealkylation sites (tertiary alicyclic amines) is 1. The van der Waals surface area contributed by atoms with Crippen molar-refractivity contribution in [2.45, 2.75) is 56.8 Å². The SMILES string of the molecule is N=C(NC1NC(=O)C=C(COC2(C(=O)N3CCCC3)CCCCC2)N1)c1ccccc1. The molecule has 2 aliphatic heterocycles. The van der Waals surface area contributed by atoms with Gasteiger partial charge in [-0.15, -0.1) is 0 Å². The molecule has 0 spiro atoms. The minimum absolute atomic E-state index is 0.103. The molecule has 1 aromatic carbocycles. The Morgan fingerprint density at radius 3 is 2.52 bits per heavy atom. The lowest BCUT2D eigenvalue weighted by atomic mass is 9.83. The Labute approximate surface area is 182 Å². The van der Waals surface area contributed by atoms with Crippen LogP contribution in [0.2, 0.25) is 0 Å². The molecule has 1 unspecified atom stereocenters. The van der Waals surface area contributed by atoms with Crippen LogP contribution in [0.5, 0.6) is 0 Å². The number of rotatable bonds is 6. The van der Waals surface area contributed by atoms with E-state index >= 15 is 0 Å². The molecule has 3 aliphatic rings. The molecule has 1 saturated carbocycles. The molecule has 1 saturated heterocycles. The Morgan fingerprint density at radius 2 is 1.81 bits per heavy atom. The van der Waals surface area contributed by atoms with Gasteiger partial charge in [-0.3, -0.25) is 15.0 Å². The van der Waals surface area contributed by atoms with Crippen molar-refractivity contribution >= 4 is 17.6 Å². The Balaban J connectivity index is 1.39. The number of amides is 2. The summed E-state index contributed by atoms with van der Waals surface area (Å²) in [7, 11) is 0. The third kappa shape index (κ3) is 5.07. The number of nitrogens with one attached hydrogen (secondary N) is 4. The monoisotopic (exact) mass is 425 g/mol. The summed E-state index contributed by atoms with van der Waals surface area (Å²) < 4.78 is 6.29. The molecule has 2 amide bonds. The second-order valence-electron chi connectivity index (χ2n) is 8.48. The summed E-state index contributed by atoms with van der Waals surface area (Å²) in [5.74, 6) is 0.0406. The molecule has 1 atom stereocenters. The lowest BCUT2D eigenvalue weighted by Gasteiger charge is -2.39. The molecular formula is C23H31N5O3. The number of carbonyl (C=O) groups excluding carboxylic acids is 2. The number of carbonyl (C=O) groups is 2. The van der Waals surface area contributed by atoms with Crippen LogP contribution < -0.4 is 16.0 Å². The van der Waals surface area contributed by atoms with Crippen LogP contribution in [0.1, 0.15) is 50.5 Å². The van der Waals surface area contributed by atoms with Gasteiger partial charge in [0.15, 0.2) is 6.29 Å². The van der Waals surface area contributed by atoms with E-state index in [4.69, 9.17) is 10.1 Å². The van der Waals surface area contributed by atoms with Gasteiger partial charge in [-0.2, -0.15) is 0 Å². The first-order chi connectivity index (χ1) is 15.1. The van der Waals surface area contributed by atoms with Crippen molar-refractivity contribution in [3.8, 4) is 0 Å². The van der Waals surface area contributed by atoms with E-state index in [0.29, 0.717) is 5.70 Å². The molecule has 0 bridgehead atoms. The number of benzene rings is 1. The Bertz CT molecular complexity index is 842. The highest BCUT2D eigenvalue weighted by molar-refractivity contribution is 5.97. The van der Waals surface area contributed by atoms with Crippen molar-refractivity contribution in [1.29, 1.82) is 5.41 Å². The Morgan fingerprint density at radius 1 is 1.10 bits per heavy atom. The lowest BCUT2D eigenvalue weighted by Crippen LogP contribution is -2.59. The second kappa shape index (κ2) is 9.51. The summed E-state index contributed by atoms with van der Waals surface area (Å²) in [4.78, 5) is 27.4. The van der Waals surface area contributed by atoms with Gasteiger partial charge in [0.2, 0.25) is 5.91 Å². The summed E-state index contributed by atoms with van der Waals surface area (Å²) >= 11 is 0. The van der Waals surface area contributed by atoms with E-state index in [2.05, 4.69) is 16.0 Å². The molecule has 2 fully saturated rings. The zero-order chi connectivity index (χ0) is 21.7. The van der Waals surface area contributed by atoms with Crippen LogP contribution in [0.25, 0.3) is 0 Å². The van der Waals surface area contributed by atoms with Gasteiger partial charge in [0.05, 0.1) is 6.61 Å². The highest BCUT2D eigenvalue weighted by atomic mass is 16.5. The number of hydrogen-bond acceptors (Lipinski definition) is 5. The number of hydrogen-bond donors (Lipinski definition) is 4. The maximum Gasteiger partial charge on any atom is 0.254 e. The first-order valence-electron chi connectivity index (χ1n) is 11.2. The fourth-order valence-corrected chi connectivity index (χ4v) is 4.56. The lowest BCUT2D eigenvalue weighted by molar-refractivity contribution is -0.161. The summed E-state index contributed by atoms with van der Waals surface area (Å²) in [5, 5.41) is 17.1. The fourth-order valence-electron chi connectivity index (χ4n) is 4.56. The van der Waals surface area contributed by atoms with E-state index in [1.165, 1.54) is 6.08 Å². The molecule has 2 heterocycles. The molecular weight excluding hydrogens is 394 g/mol. The first-order valence-corrected chi connectivity index (χ1v) is 11.2. The van der Waals surface area contributed by atoms with Crippen molar-refractivity contribution in [2.24, 2.45) is 0 Å². The number of nitrogens with zero attached hydrogens (tertiary/aromatic N) is 1. The molecule has 8 nitrogen and oxygen atoms in total. The van der Waals surface area contributed by atoms with Crippen molar-refractivity contribution in [1.82, 2.24) is 20.9 Å². The molecule has 31 heavy (non-hydrogen) atoms. The van der Waals surface area contributed by atoms with Crippen molar-refractivity contribution in [3.05, 3.63) is 47.7 Å². The third-order valence-corrected chi connectivity index (χ3v) is 6.22. The Hall–Kier alpha value is -2.87. The quantitative estimate of drug-likeness (QED) is 0.411. The zero-order valence-electron chi connectivity index (χ0n) is 17.8. The molecule has 0 aromatic heterocycles. The van der Waals surface area contributed by atoms with Gasteiger partial charge in [0, 0.05) is 30.4 Å². The van der Waals surface area contributed by atoms with Crippen LogP contribution in [0.15, 0.2) is 42.1 Å². The summed E-state index contributed by atoms with van der Waals surface area (Å²) in [6.07, 6.45) is 7.46. The molecule has 4 rings (SSSR count). The van der Waals surface area contributed by atoms with Gasteiger partial charge in [0.25, 0.3) is 5.91 Å². The van der Waals surface area contributed by atoms with Crippen molar-refractivity contribution in [3.63, 3.8) is 0 Å². The van der Waals surface area contributed by atoms with Crippen LogP contribution in [-0.2, 0) is 14.3 Å². The maximum absolute atomic E-state index is 13.3. The van der Waals surface area contributed by atoms with Crippen LogP contribution in [0.3, 0.4) is 0 Å². The van der Waals surface area contributed by atoms with Gasteiger partial charge in [-0.25, -0.2) is 0 Å². The molecule has 1 aromatic rings. The number of amidine groups is 1. The summed E-state index contributed by atoms with van der Waals surface area (Å²) in [6.45, 7) is 1.77. The van der Waals surface area contributed by atoms with Gasteiger partial charge >= 0.3 is 0 Å². The van der Waals surface area contributed by atoms with Crippen LogP contribution >= 0.6 is 0 Å². The van der Waals surface area contributed by atoms with Crippen LogP contribution in [0, 0.1) is 5.41 Å². The van der Waals surface area contributed by atoms with E-state index in [9.17, 15) is 9.59 Å². The largest absolute Gasteiger partial charge is 0.359 e.